The molecule has 0 fully saturated rings. The van der Waals surface area contributed by atoms with Crippen LogP contribution in [0.5, 0.6) is 0 Å². The first-order valence-corrected chi connectivity index (χ1v) is 10.1. The lowest BCUT2D eigenvalue weighted by Crippen LogP contribution is -2.48. The van der Waals surface area contributed by atoms with Gasteiger partial charge in [-0.05, 0) is 43.5 Å². The van der Waals surface area contributed by atoms with Crippen molar-refractivity contribution in [3.63, 3.8) is 0 Å². The van der Waals surface area contributed by atoms with Crippen LogP contribution in [0, 0.1) is 6.92 Å². The molecule has 0 aliphatic rings. The van der Waals surface area contributed by atoms with Gasteiger partial charge in [-0.15, -0.1) is 0 Å². The lowest BCUT2D eigenvalue weighted by atomic mass is 10.1. The van der Waals surface area contributed by atoms with E-state index in [1.807, 2.05) is 38.1 Å². The van der Waals surface area contributed by atoms with Gasteiger partial charge in [0.25, 0.3) is 0 Å². The minimum Gasteiger partial charge on any atom is -0.354 e. The van der Waals surface area contributed by atoms with Crippen molar-refractivity contribution in [2.24, 2.45) is 0 Å². The number of halogens is 2. The summed E-state index contributed by atoms with van der Waals surface area (Å²) in [6.07, 6.45) is 0.988. The van der Waals surface area contributed by atoms with Gasteiger partial charge in [-0.1, -0.05) is 66.0 Å². The number of carbonyl (C=O) groups excluding carboxylic acids is 2. The molecule has 0 saturated heterocycles. The molecule has 1 atom stereocenters. The van der Waals surface area contributed by atoms with Gasteiger partial charge >= 0.3 is 0 Å². The van der Waals surface area contributed by atoms with E-state index in [0.29, 0.717) is 23.1 Å². The molecule has 28 heavy (non-hydrogen) atoms. The molecule has 0 saturated carbocycles. The number of nitrogens with one attached hydrogen (secondary N) is 1. The van der Waals surface area contributed by atoms with Gasteiger partial charge in [-0.25, -0.2) is 0 Å². The molecule has 2 aromatic rings. The molecule has 0 heterocycles. The van der Waals surface area contributed by atoms with Gasteiger partial charge in [0.2, 0.25) is 11.8 Å². The Morgan fingerprint density at radius 1 is 1.04 bits per heavy atom. The minimum atomic E-state index is -0.580. The number of hydrogen-bond donors (Lipinski definition) is 1. The third kappa shape index (κ3) is 6.25. The van der Waals surface area contributed by atoms with Crippen molar-refractivity contribution in [2.75, 3.05) is 6.54 Å². The molecule has 0 aliphatic carbocycles. The summed E-state index contributed by atoms with van der Waals surface area (Å²) in [7, 11) is 0. The molecule has 0 spiro atoms. The number of nitrogens with zero attached hydrogens (tertiary/aromatic N) is 1. The molecule has 4 nitrogen and oxygen atoms in total. The highest BCUT2D eigenvalue weighted by Crippen LogP contribution is 2.23. The summed E-state index contributed by atoms with van der Waals surface area (Å²) in [4.78, 5) is 27.2. The van der Waals surface area contributed by atoms with Gasteiger partial charge < -0.3 is 10.2 Å². The van der Waals surface area contributed by atoms with Gasteiger partial charge in [0, 0.05) is 13.1 Å². The monoisotopic (exact) mass is 420 g/mol. The third-order valence-electron chi connectivity index (χ3n) is 4.53. The highest BCUT2D eigenvalue weighted by atomic mass is 35.5. The average molecular weight is 421 g/mol. The second-order valence-corrected chi connectivity index (χ2v) is 7.71. The summed E-state index contributed by atoms with van der Waals surface area (Å²) in [5.41, 5.74) is 2.88. The van der Waals surface area contributed by atoms with E-state index in [0.717, 1.165) is 23.1 Å². The van der Waals surface area contributed by atoms with E-state index in [1.54, 1.807) is 30.0 Å². The first-order chi connectivity index (χ1) is 13.3. The number of hydrogen-bond acceptors (Lipinski definition) is 2. The Kier molecular flexibility index (Phi) is 8.34. The smallest absolute Gasteiger partial charge is 0.242 e. The van der Waals surface area contributed by atoms with Gasteiger partial charge in [0.1, 0.15) is 6.04 Å². The zero-order chi connectivity index (χ0) is 20.7. The molecule has 0 aromatic heterocycles. The Labute approximate surface area is 176 Å². The zero-order valence-corrected chi connectivity index (χ0v) is 18.0. The predicted octanol–water partition coefficient (Wildman–Crippen LogP) is 4.79. The number of benzene rings is 2. The van der Waals surface area contributed by atoms with Gasteiger partial charge in [-0.2, -0.15) is 0 Å². The quantitative estimate of drug-likeness (QED) is 0.667. The third-order valence-corrected chi connectivity index (χ3v) is 5.27. The SMILES string of the molecule is CCCNC(=O)C(C)N(Cc1ccc(C)cc1)C(=O)Cc1ccc(Cl)c(Cl)c1. The molecule has 2 amide bonds. The highest BCUT2D eigenvalue weighted by molar-refractivity contribution is 6.42. The largest absolute Gasteiger partial charge is 0.354 e. The van der Waals surface area contributed by atoms with Crippen LogP contribution < -0.4 is 5.32 Å². The summed E-state index contributed by atoms with van der Waals surface area (Å²) in [5.74, 6) is -0.297. The zero-order valence-electron chi connectivity index (χ0n) is 16.5. The Morgan fingerprint density at radius 3 is 2.29 bits per heavy atom. The van der Waals surface area contributed by atoms with Gasteiger partial charge in [-0.3, -0.25) is 9.59 Å². The van der Waals surface area contributed by atoms with E-state index in [4.69, 9.17) is 23.2 Å². The van der Waals surface area contributed by atoms with Crippen LogP contribution in [-0.2, 0) is 22.6 Å². The molecule has 1 N–H and O–H groups in total. The number of rotatable bonds is 8. The second-order valence-electron chi connectivity index (χ2n) is 6.90. The fourth-order valence-corrected chi connectivity index (χ4v) is 3.12. The van der Waals surface area contributed by atoms with E-state index in [-0.39, 0.29) is 18.2 Å². The fraction of sp³-hybridized carbons (Fsp3) is 0.364. The standard InChI is InChI=1S/C22H26Cl2N2O2/c1-4-11-25-22(28)16(3)26(14-17-7-5-15(2)6-8-17)21(27)13-18-9-10-19(23)20(24)12-18/h5-10,12,16H,4,11,13-14H2,1-3H3,(H,25,28). The fourth-order valence-electron chi connectivity index (χ4n) is 2.79. The van der Waals surface area contributed by atoms with Gasteiger partial charge in [0.15, 0.2) is 0 Å². The summed E-state index contributed by atoms with van der Waals surface area (Å²) in [5, 5.41) is 3.73. The van der Waals surface area contributed by atoms with Crippen molar-refractivity contribution in [3.05, 3.63) is 69.2 Å². The maximum atomic E-state index is 13.1. The van der Waals surface area contributed by atoms with Crippen LogP contribution in [0.15, 0.2) is 42.5 Å². The Bertz CT molecular complexity index is 822. The van der Waals surface area contributed by atoms with Crippen molar-refractivity contribution in [3.8, 4) is 0 Å². The first kappa shape index (κ1) is 22.3. The number of amides is 2. The molecule has 6 heteroatoms. The van der Waals surface area contributed by atoms with E-state index < -0.39 is 6.04 Å². The van der Waals surface area contributed by atoms with Crippen molar-refractivity contribution in [2.45, 2.75) is 46.2 Å². The highest BCUT2D eigenvalue weighted by Gasteiger charge is 2.26. The van der Waals surface area contributed by atoms with Crippen LogP contribution in [0.3, 0.4) is 0 Å². The molecular formula is C22H26Cl2N2O2. The summed E-state index contributed by atoms with van der Waals surface area (Å²) >= 11 is 12.0. The van der Waals surface area contributed by atoms with E-state index in [9.17, 15) is 9.59 Å². The van der Waals surface area contributed by atoms with Crippen molar-refractivity contribution in [1.29, 1.82) is 0 Å². The summed E-state index contributed by atoms with van der Waals surface area (Å²) in [6, 6.07) is 12.5. The average Bonchev–Trinajstić information content (AvgIpc) is 2.67. The molecule has 0 aliphatic heterocycles. The lowest BCUT2D eigenvalue weighted by molar-refractivity contribution is -0.140. The van der Waals surface area contributed by atoms with Crippen LogP contribution in [0.4, 0.5) is 0 Å². The molecular weight excluding hydrogens is 395 g/mol. The Morgan fingerprint density at radius 2 is 1.68 bits per heavy atom. The van der Waals surface area contributed by atoms with E-state index in [2.05, 4.69) is 5.32 Å². The lowest BCUT2D eigenvalue weighted by Gasteiger charge is -2.29. The molecule has 150 valence electrons. The van der Waals surface area contributed by atoms with Crippen molar-refractivity contribution < 1.29 is 9.59 Å². The maximum absolute atomic E-state index is 13.1. The van der Waals surface area contributed by atoms with E-state index in [1.165, 1.54) is 0 Å². The van der Waals surface area contributed by atoms with Crippen LogP contribution in [0.2, 0.25) is 10.0 Å². The molecule has 2 rings (SSSR count). The normalized spacial score (nSPS) is 11.8. The molecule has 2 aromatic carbocycles. The Balaban J connectivity index is 2.21. The van der Waals surface area contributed by atoms with Gasteiger partial charge in [0.05, 0.1) is 16.5 Å². The van der Waals surface area contributed by atoms with Crippen LogP contribution in [0.25, 0.3) is 0 Å². The van der Waals surface area contributed by atoms with Crippen LogP contribution in [-0.4, -0.2) is 29.3 Å². The molecule has 0 bridgehead atoms. The first-order valence-electron chi connectivity index (χ1n) is 9.38. The topological polar surface area (TPSA) is 49.4 Å². The maximum Gasteiger partial charge on any atom is 0.242 e. The second kappa shape index (κ2) is 10.5. The molecule has 0 radical (unpaired) electrons. The summed E-state index contributed by atoms with van der Waals surface area (Å²) in [6.45, 7) is 6.71. The van der Waals surface area contributed by atoms with E-state index >= 15 is 0 Å². The van der Waals surface area contributed by atoms with Crippen LogP contribution in [0.1, 0.15) is 37.0 Å². The number of aryl methyl sites for hydroxylation is 1. The Hall–Kier alpha value is -2.04. The van der Waals surface area contributed by atoms with Crippen molar-refractivity contribution in [1.82, 2.24) is 10.2 Å². The summed E-state index contributed by atoms with van der Waals surface area (Å²) < 4.78 is 0. The van der Waals surface area contributed by atoms with Crippen molar-refractivity contribution >= 4 is 35.0 Å². The molecule has 1 unspecified atom stereocenters. The predicted molar refractivity (Wildman–Crippen MR) is 115 cm³/mol. The minimum absolute atomic E-state index is 0.141. The van der Waals surface area contributed by atoms with Crippen LogP contribution >= 0.6 is 23.2 Å². The number of carbonyl (C=O) groups is 2.